The van der Waals surface area contributed by atoms with Gasteiger partial charge in [0.2, 0.25) is 0 Å². The van der Waals surface area contributed by atoms with Gasteiger partial charge in [0.1, 0.15) is 5.54 Å². The van der Waals surface area contributed by atoms with Crippen molar-refractivity contribution in [3.05, 3.63) is 75.8 Å². The van der Waals surface area contributed by atoms with E-state index < -0.39 is 40.9 Å². The Morgan fingerprint density at radius 1 is 1.13 bits per heavy atom. The number of urea groups is 1. The highest BCUT2D eigenvalue weighted by atomic mass is 16.6. The van der Waals surface area contributed by atoms with Crippen LogP contribution in [0.4, 0.5) is 10.5 Å². The molecule has 0 spiro atoms. The summed E-state index contributed by atoms with van der Waals surface area (Å²) in [6.07, 6.45) is 0. The van der Waals surface area contributed by atoms with Crippen molar-refractivity contribution in [2.45, 2.75) is 12.5 Å². The number of ether oxygens (including phenoxy) is 1. The molecule has 3 rings (SSSR count). The van der Waals surface area contributed by atoms with Crippen LogP contribution in [0.25, 0.3) is 0 Å². The third kappa shape index (κ3) is 3.94. The molecule has 1 atom stereocenters. The smallest absolute Gasteiger partial charge is 0.344 e. The van der Waals surface area contributed by atoms with E-state index in [1.807, 2.05) is 0 Å². The number of hydrogen-bond donors (Lipinski definition) is 2. The van der Waals surface area contributed by atoms with Crippen LogP contribution in [0, 0.1) is 10.1 Å². The van der Waals surface area contributed by atoms with Crippen LogP contribution in [0.1, 0.15) is 22.8 Å². The molecular weight excluding hydrogens is 396 g/mol. The number of imide groups is 1. The van der Waals surface area contributed by atoms with Gasteiger partial charge in [0.25, 0.3) is 17.5 Å². The van der Waals surface area contributed by atoms with Crippen molar-refractivity contribution in [2.24, 2.45) is 0 Å². The second kappa shape index (κ2) is 7.99. The summed E-state index contributed by atoms with van der Waals surface area (Å²) in [6.45, 7) is 0.734. The maximum atomic E-state index is 12.7. The molecule has 154 valence electrons. The highest BCUT2D eigenvalue weighted by Gasteiger charge is 2.50. The monoisotopic (exact) mass is 412 g/mol. The molecule has 1 aliphatic rings. The van der Waals surface area contributed by atoms with Gasteiger partial charge < -0.3 is 10.1 Å². The largest absolute Gasteiger partial charge is 0.452 e. The van der Waals surface area contributed by atoms with Crippen LogP contribution in [-0.4, -0.2) is 40.4 Å². The highest BCUT2D eigenvalue weighted by Crippen LogP contribution is 2.27. The Balaban J connectivity index is 1.59. The number of nitro benzene ring substituents is 1. The number of nitrogens with one attached hydrogen (secondary N) is 2. The molecule has 11 nitrogen and oxygen atoms in total. The van der Waals surface area contributed by atoms with E-state index in [4.69, 9.17) is 4.74 Å². The number of rotatable bonds is 6. The van der Waals surface area contributed by atoms with Crippen LogP contribution in [0.5, 0.6) is 0 Å². The van der Waals surface area contributed by atoms with Crippen molar-refractivity contribution in [1.29, 1.82) is 0 Å². The third-order valence-corrected chi connectivity index (χ3v) is 4.43. The second-order valence-corrected chi connectivity index (χ2v) is 6.48. The molecular formula is C19H16N4O7. The first-order chi connectivity index (χ1) is 14.2. The van der Waals surface area contributed by atoms with E-state index in [1.165, 1.54) is 19.1 Å². The van der Waals surface area contributed by atoms with Crippen molar-refractivity contribution in [3.8, 4) is 0 Å². The van der Waals surface area contributed by atoms with Gasteiger partial charge in [-0.15, -0.1) is 0 Å². The minimum Gasteiger partial charge on any atom is -0.452 e. The zero-order valence-corrected chi connectivity index (χ0v) is 15.7. The zero-order valence-electron chi connectivity index (χ0n) is 15.7. The van der Waals surface area contributed by atoms with Crippen LogP contribution >= 0.6 is 0 Å². The van der Waals surface area contributed by atoms with Gasteiger partial charge in [-0.25, -0.2) is 9.59 Å². The molecule has 1 heterocycles. The summed E-state index contributed by atoms with van der Waals surface area (Å²) < 4.78 is 4.82. The second-order valence-electron chi connectivity index (χ2n) is 6.48. The standard InChI is InChI=1S/C19H16N4O7/c1-19(13-5-3-2-4-6-13)17(26)22(18(27)20-19)21-15(24)11-30-16(25)12-7-9-14(10-8-12)23(28)29/h2-10H,11H2,1H3,(H,20,27)(H,21,24). The van der Waals surface area contributed by atoms with Gasteiger partial charge in [-0.2, -0.15) is 5.01 Å². The van der Waals surface area contributed by atoms with Gasteiger partial charge in [0.15, 0.2) is 6.61 Å². The van der Waals surface area contributed by atoms with Gasteiger partial charge in [-0.1, -0.05) is 30.3 Å². The van der Waals surface area contributed by atoms with Crippen LogP contribution < -0.4 is 10.7 Å². The molecule has 0 saturated carbocycles. The number of carbonyl (C=O) groups excluding carboxylic acids is 4. The first-order valence-electron chi connectivity index (χ1n) is 8.65. The van der Waals surface area contributed by atoms with Crippen LogP contribution in [0.3, 0.4) is 0 Å². The van der Waals surface area contributed by atoms with E-state index >= 15 is 0 Å². The van der Waals surface area contributed by atoms with E-state index in [9.17, 15) is 29.3 Å². The van der Waals surface area contributed by atoms with Crippen molar-refractivity contribution in [2.75, 3.05) is 6.61 Å². The number of nitro groups is 1. The molecule has 1 fully saturated rings. The third-order valence-electron chi connectivity index (χ3n) is 4.43. The molecule has 1 aliphatic heterocycles. The van der Waals surface area contributed by atoms with Crippen LogP contribution in [0.15, 0.2) is 54.6 Å². The fourth-order valence-corrected chi connectivity index (χ4v) is 2.80. The first-order valence-corrected chi connectivity index (χ1v) is 8.65. The first kappa shape index (κ1) is 20.5. The lowest BCUT2D eigenvalue weighted by molar-refractivity contribution is -0.384. The Kier molecular flexibility index (Phi) is 5.45. The molecule has 2 aromatic rings. The topological polar surface area (TPSA) is 148 Å². The molecule has 30 heavy (non-hydrogen) atoms. The van der Waals surface area contributed by atoms with Gasteiger partial charge in [0.05, 0.1) is 10.5 Å². The summed E-state index contributed by atoms with van der Waals surface area (Å²) in [6, 6.07) is 12.3. The number of hydrazine groups is 1. The van der Waals surface area contributed by atoms with Crippen molar-refractivity contribution in [3.63, 3.8) is 0 Å². The number of carbonyl (C=O) groups is 4. The Morgan fingerprint density at radius 3 is 2.37 bits per heavy atom. The number of nitrogens with zero attached hydrogens (tertiary/aromatic N) is 2. The quantitative estimate of drug-likeness (QED) is 0.314. The Hall–Kier alpha value is -4.28. The van der Waals surface area contributed by atoms with Crippen molar-refractivity contribution < 1.29 is 28.8 Å². The fraction of sp³-hybridized carbons (Fsp3) is 0.158. The normalized spacial score (nSPS) is 18.0. The van der Waals surface area contributed by atoms with E-state index in [1.54, 1.807) is 30.3 Å². The van der Waals surface area contributed by atoms with Gasteiger partial charge in [-0.3, -0.25) is 25.1 Å². The molecule has 0 bridgehead atoms. The predicted octanol–water partition coefficient (Wildman–Crippen LogP) is 1.25. The molecule has 1 saturated heterocycles. The molecule has 2 N–H and O–H groups in total. The zero-order chi connectivity index (χ0) is 21.9. The number of amides is 4. The Labute approximate surface area is 169 Å². The average molecular weight is 412 g/mol. The van der Waals surface area contributed by atoms with E-state index in [-0.39, 0.29) is 11.3 Å². The molecule has 1 unspecified atom stereocenters. The molecule has 0 aromatic heterocycles. The van der Waals surface area contributed by atoms with E-state index in [2.05, 4.69) is 10.7 Å². The predicted molar refractivity (Wildman–Crippen MR) is 101 cm³/mol. The summed E-state index contributed by atoms with van der Waals surface area (Å²) in [7, 11) is 0. The molecule has 11 heteroatoms. The molecule has 2 aromatic carbocycles. The van der Waals surface area contributed by atoms with Gasteiger partial charge in [0, 0.05) is 12.1 Å². The average Bonchev–Trinajstić information content (AvgIpc) is 2.96. The Morgan fingerprint density at radius 2 is 1.77 bits per heavy atom. The fourth-order valence-electron chi connectivity index (χ4n) is 2.80. The van der Waals surface area contributed by atoms with Crippen LogP contribution in [-0.2, 0) is 19.9 Å². The van der Waals surface area contributed by atoms with Crippen molar-refractivity contribution >= 4 is 29.5 Å². The number of benzene rings is 2. The Bertz CT molecular complexity index is 1020. The highest BCUT2D eigenvalue weighted by molar-refractivity contribution is 6.08. The van der Waals surface area contributed by atoms with Crippen LogP contribution in [0.2, 0.25) is 0 Å². The van der Waals surface area contributed by atoms with Crippen molar-refractivity contribution in [1.82, 2.24) is 15.8 Å². The molecule has 4 amide bonds. The lowest BCUT2D eigenvalue weighted by Gasteiger charge is -2.22. The maximum absolute atomic E-state index is 12.7. The summed E-state index contributed by atoms with van der Waals surface area (Å²) >= 11 is 0. The molecule has 0 aliphatic carbocycles. The summed E-state index contributed by atoms with van der Waals surface area (Å²) in [5, 5.41) is 13.7. The summed E-state index contributed by atoms with van der Waals surface area (Å²) in [5.74, 6) is -2.51. The lowest BCUT2D eigenvalue weighted by atomic mass is 9.92. The van der Waals surface area contributed by atoms with Gasteiger partial charge in [-0.05, 0) is 24.6 Å². The molecule has 0 radical (unpaired) electrons. The minimum atomic E-state index is -1.36. The van der Waals surface area contributed by atoms with E-state index in [0.717, 1.165) is 12.1 Å². The SMILES string of the molecule is CC1(c2ccccc2)NC(=O)N(NC(=O)COC(=O)c2ccc([N+](=O)[O-])cc2)C1=O. The van der Waals surface area contributed by atoms with Gasteiger partial charge >= 0.3 is 12.0 Å². The summed E-state index contributed by atoms with van der Waals surface area (Å²) in [4.78, 5) is 58.9. The lowest BCUT2D eigenvalue weighted by Crippen LogP contribution is -2.49. The number of esters is 1. The number of non-ortho nitro benzene ring substituents is 1. The van der Waals surface area contributed by atoms with E-state index in [0.29, 0.717) is 10.6 Å². The number of hydrogen-bond acceptors (Lipinski definition) is 7. The minimum absolute atomic E-state index is 0.0000414. The maximum Gasteiger partial charge on any atom is 0.344 e. The summed E-state index contributed by atoms with van der Waals surface area (Å²) in [5.41, 5.74) is 1.07.